The second-order valence-electron chi connectivity index (χ2n) is 4.47. The summed E-state index contributed by atoms with van der Waals surface area (Å²) in [6, 6.07) is 3.30. The average Bonchev–Trinajstić information content (AvgIpc) is 2.67. The lowest BCUT2D eigenvalue weighted by Gasteiger charge is -2.11. The molecule has 0 spiro atoms. The molecule has 0 atom stereocenters. The molecule has 0 saturated heterocycles. The lowest BCUT2D eigenvalue weighted by Crippen LogP contribution is -2.10. The second kappa shape index (κ2) is 7.70. The number of carbonyl (C=O) groups is 1. The van der Waals surface area contributed by atoms with Crippen LogP contribution in [0.15, 0.2) is 16.6 Å². The van der Waals surface area contributed by atoms with Gasteiger partial charge in [-0.3, -0.25) is 4.79 Å². The van der Waals surface area contributed by atoms with Crippen LogP contribution in [0.1, 0.15) is 23.2 Å². The van der Waals surface area contributed by atoms with E-state index in [-0.39, 0.29) is 18.8 Å². The van der Waals surface area contributed by atoms with Crippen LogP contribution in [0.5, 0.6) is 11.5 Å². The third-order valence-electron chi connectivity index (χ3n) is 2.85. The van der Waals surface area contributed by atoms with Crippen LogP contribution in [0.3, 0.4) is 0 Å². The summed E-state index contributed by atoms with van der Waals surface area (Å²) in [5, 5.41) is 0. The van der Waals surface area contributed by atoms with Crippen molar-refractivity contribution in [2.24, 2.45) is 0 Å². The van der Waals surface area contributed by atoms with Crippen molar-refractivity contribution >= 4 is 21.7 Å². The van der Waals surface area contributed by atoms with Gasteiger partial charge in [0.25, 0.3) is 6.43 Å². The van der Waals surface area contributed by atoms with E-state index in [2.05, 4.69) is 15.9 Å². The van der Waals surface area contributed by atoms with Crippen LogP contribution in [-0.4, -0.2) is 38.6 Å². The minimum atomic E-state index is -2.52. The van der Waals surface area contributed by atoms with Crippen molar-refractivity contribution in [2.45, 2.75) is 19.3 Å². The van der Waals surface area contributed by atoms with Crippen molar-refractivity contribution < 1.29 is 27.8 Å². The molecule has 0 bridgehead atoms. The maximum atomic E-state index is 12.1. The van der Waals surface area contributed by atoms with E-state index in [1.54, 1.807) is 12.1 Å². The number of hydrogen-bond acceptors (Lipinski definition) is 4. The second-order valence-corrected chi connectivity index (χ2v) is 5.32. The Kier molecular flexibility index (Phi) is 5.93. The normalized spacial score (nSPS) is 14.1. The predicted molar refractivity (Wildman–Crippen MR) is 75.5 cm³/mol. The van der Waals surface area contributed by atoms with E-state index in [0.717, 1.165) is 6.42 Å². The lowest BCUT2D eigenvalue weighted by atomic mass is 10.1. The van der Waals surface area contributed by atoms with Crippen LogP contribution in [-0.2, 0) is 4.74 Å². The van der Waals surface area contributed by atoms with Gasteiger partial charge in [0.05, 0.1) is 19.8 Å². The van der Waals surface area contributed by atoms with Crippen molar-refractivity contribution in [1.82, 2.24) is 0 Å². The number of halogens is 3. The number of rotatable bonds is 6. The SMILES string of the molecule is O=C(CCOCC(F)F)c1cc2c(cc1Br)OCCCO2. The van der Waals surface area contributed by atoms with Crippen LogP contribution < -0.4 is 9.47 Å². The fourth-order valence-corrected chi connectivity index (χ4v) is 2.41. The van der Waals surface area contributed by atoms with E-state index in [9.17, 15) is 13.6 Å². The van der Waals surface area contributed by atoms with Crippen molar-refractivity contribution in [2.75, 3.05) is 26.4 Å². The largest absolute Gasteiger partial charge is 0.490 e. The van der Waals surface area contributed by atoms with E-state index < -0.39 is 13.0 Å². The molecular weight excluding hydrogens is 350 g/mol. The molecule has 116 valence electrons. The van der Waals surface area contributed by atoms with E-state index in [1.165, 1.54) is 0 Å². The maximum absolute atomic E-state index is 12.1. The highest BCUT2D eigenvalue weighted by Gasteiger charge is 2.18. The Morgan fingerprint density at radius 3 is 2.62 bits per heavy atom. The molecular formula is C14H15BrF2O4. The Hall–Kier alpha value is -1.21. The van der Waals surface area contributed by atoms with Crippen LogP contribution in [0.25, 0.3) is 0 Å². The lowest BCUT2D eigenvalue weighted by molar-refractivity contribution is 0.0169. The number of ketones is 1. The zero-order valence-corrected chi connectivity index (χ0v) is 12.8. The quantitative estimate of drug-likeness (QED) is 0.572. The number of carbonyl (C=O) groups excluding carboxylic acids is 1. The molecule has 0 fully saturated rings. The van der Waals surface area contributed by atoms with Gasteiger partial charge in [-0.15, -0.1) is 0 Å². The molecule has 1 aliphatic heterocycles. The first-order valence-electron chi connectivity index (χ1n) is 6.56. The molecule has 0 N–H and O–H groups in total. The number of alkyl halides is 2. The Morgan fingerprint density at radius 2 is 1.95 bits per heavy atom. The minimum Gasteiger partial charge on any atom is -0.490 e. The van der Waals surface area contributed by atoms with Gasteiger partial charge in [0.15, 0.2) is 17.3 Å². The molecule has 0 amide bonds. The van der Waals surface area contributed by atoms with Gasteiger partial charge in [0.1, 0.15) is 6.61 Å². The zero-order valence-electron chi connectivity index (χ0n) is 11.2. The smallest absolute Gasteiger partial charge is 0.261 e. The van der Waals surface area contributed by atoms with Gasteiger partial charge in [-0.1, -0.05) is 0 Å². The Labute approximate surface area is 129 Å². The van der Waals surface area contributed by atoms with Gasteiger partial charge >= 0.3 is 0 Å². The summed E-state index contributed by atoms with van der Waals surface area (Å²) in [6.07, 6.45) is -1.72. The highest BCUT2D eigenvalue weighted by Crippen LogP contribution is 2.35. The first-order valence-corrected chi connectivity index (χ1v) is 7.35. The average molecular weight is 365 g/mol. The van der Waals surface area contributed by atoms with E-state index >= 15 is 0 Å². The Bertz CT molecular complexity index is 508. The molecule has 4 nitrogen and oxygen atoms in total. The minimum absolute atomic E-state index is 0.0327. The van der Waals surface area contributed by atoms with Gasteiger partial charge in [-0.05, 0) is 28.1 Å². The maximum Gasteiger partial charge on any atom is 0.261 e. The number of Topliss-reactive ketones (excluding diaryl/α,β-unsaturated/α-hetero) is 1. The van der Waals surface area contributed by atoms with Crippen molar-refractivity contribution in [3.05, 3.63) is 22.2 Å². The topological polar surface area (TPSA) is 44.8 Å². The molecule has 21 heavy (non-hydrogen) atoms. The van der Waals surface area contributed by atoms with Gasteiger partial charge in [0.2, 0.25) is 0 Å². The molecule has 0 aliphatic carbocycles. The zero-order chi connectivity index (χ0) is 15.2. The number of ether oxygens (including phenoxy) is 3. The van der Waals surface area contributed by atoms with Crippen molar-refractivity contribution in [1.29, 1.82) is 0 Å². The summed E-state index contributed by atoms with van der Waals surface area (Å²) < 4.78 is 40.2. The van der Waals surface area contributed by atoms with E-state index in [4.69, 9.17) is 14.2 Å². The predicted octanol–water partition coefficient (Wildman–Crippen LogP) is 3.46. The molecule has 2 rings (SSSR count). The first-order chi connectivity index (χ1) is 10.1. The molecule has 1 aliphatic rings. The van der Waals surface area contributed by atoms with Crippen LogP contribution >= 0.6 is 15.9 Å². The van der Waals surface area contributed by atoms with Gasteiger partial charge in [-0.2, -0.15) is 0 Å². The third kappa shape index (κ3) is 4.64. The molecule has 0 saturated carbocycles. The third-order valence-corrected chi connectivity index (χ3v) is 3.51. The summed E-state index contributed by atoms with van der Waals surface area (Å²) in [5.41, 5.74) is 0.430. The summed E-state index contributed by atoms with van der Waals surface area (Å²) in [5.74, 6) is 0.907. The summed E-state index contributed by atoms with van der Waals surface area (Å²) in [7, 11) is 0. The van der Waals surface area contributed by atoms with Crippen molar-refractivity contribution in [3.63, 3.8) is 0 Å². The molecule has 1 aromatic carbocycles. The highest BCUT2D eigenvalue weighted by molar-refractivity contribution is 9.10. The van der Waals surface area contributed by atoms with Gasteiger partial charge in [0, 0.05) is 22.9 Å². The van der Waals surface area contributed by atoms with Gasteiger partial charge < -0.3 is 14.2 Å². The Morgan fingerprint density at radius 1 is 1.29 bits per heavy atom. The molecule has 0 unspecified atom stereocenters. The van der Waals surface area contributed by atoms with E-state index in [1.807, 2.05) is 0 Å². The van der Waals surface area contributed by atoms with Crippen LogP contribution in [0, 0.1) is 0 Å². The fourth-order valence-electron chi connectivity index (χ4n) is 1.87. The van der Waals surface area contributed by atoms with Gasteiger partial charge in [-0.25, -0.2) is 8.78 Å². The van der Waals surface area contributed by atoms with E-state index in [0.29, 0.717) is 34.7 Å². The summed E-state index contributed by atoms with van der Waals surface area (Å²) in [6.45, 7) is 0.396. The Balaban J connectivity index is 2.02. The molecule has 1 heterocycles. The van der Waals surface area contributed by atoms with Crippen molar-refractivity contribution in [3.8, 4) is 11.5 Å². The molecule has 0 aromatic heterocycles. The van der Waals surface area contributed by atoms with Crippen LogP contribution in [0.2, 0.25) is 0 Å². The first kappa shape index (κ1) is 16.2. The monoisotopic (exact) mass is 364 g/mol. The summed E-state index contributed by atoms with van der Waals surface area (Å²) >= 11 is 3.32. The molecule has 7 heteroatoms. The number of hydrogen-bond donors (Lipinski definition) is 0. The highest BCUT2D eigenvalue weighted by atomic mass is 79.9. The fraction of sp³-hybridized carbons (Fsp3) is 0.500. The molecule has 1 aromatic rings. The molecule has 0 radical (unpaired) electrons. The van der Waals surface area contributed by atoms with Crippen LogP contribution in [0.4, 0.5) is 8.78 Å². The number of benzene rings is 1. The standard InChI is InChI=1S/C14H15BrF2O4/c15-10-7-13-12(20-3-1-4-21-13)6-9(10)11(18)2-5-19-8-14(16)17/h6-7,14H,1-5,8H2. The number of fused-ring (bicyclic) bond motifs is 1. The summed E-state index contributed by atoms with van der Waals surface area (Å²) in [4.78, 5) is 12.1.